The van der Waals surface area contributed by atoms with E-state index in [1.54, 1.807) is 18.9 Å². The molecule has 0 aliphatic carbocycles. The van der Waals surface area contributed by atoms with Crippen LogP contribution in [0.25, 0.3) is 10.8 Å². The number of rotatable bonds is 4. The smallest absolute Gasteiger partial charge is 0.0556 e. The van der Waals surface area contributed by atoms with E-state index in [9.17, 15) is 0 Å². The summed E-state index contributed by atoms with van der Waals surface area (Å²) in [4.78, 5) is 1.19. The highest BCUT2D eigenvalue weighted by atomic mass is 32.2. The molecule has 2 heteroatoms. The number of benzene rings is 2. The maximum absolute atomic E-state index is 5.02. The highest BCUT2D eigenvalue weighted by Crippen LogP contribution is 2.22. The lowest BCUT2D eigenvalue weighted by Gasteiger charge is -2.02. The second-order valence-electron chi connectivity index (χ2n) is 3.25. The molecule has 0 saturated carbocycles. The van der Waals surface area contributed by atoms with Gasteiger partial charge < -0.3 is 4.74 Å². The van der Waals surface area contributed by atoms with Gasteiger partial charge in [-0.25, -0.2) is 0 Å². The van der Waals surface area contributed by atoms with Gasteiger partial charge in [-0.1, -0.05) is 30.3 Å². The average molecular weight is 217 g/mol. The van der Waals surface area contributed by atoms with Crippen molar-refractivity contribution < 1.29 is 4.74 Å². The number of methoxy groups -OCH3 is 1. The van der Waals surface area contributed by atoms with E-state index < -0.39 is 0 Å². The monoisotopic (exact) mass is 217 g/mol. The fourth-order valence-corrected chi connectivity index (χ4v) is 2.23. The number of ether oxygens (including phenoxy) is 1. The van der Waals surface area contributed by atoms with Crippen LogP contribution in [0, 0.1) is 6.07 Å². The Labute approximate surface area is 94.4 Å². The van der Waals surface area contributed by atoms with Crippen molar-refractivity contribution in [2.75, 3.05) is 19.5 Å². The van der Waals surface area contributed by atoms with Crippen LogP contribution >= 0.6 is 11.8 Å². The fraction of sp³-hybridized carbons (Fsp3) is 0.231. The summed E-state index contributed by atoms with van der Waals surface area (Å²) < 4.78 is 5.02. The first kappa shape index (κ1) is 10.5. The molecule has 0 aliphatic rings. The molecule has 2 aromatic carbocycles. The SMILES string of the molecule is COCCSc1[c]c2ccccc2cc1. The van der Waals surface area contributed by atoms with E-state index in [1.807, 2.05) is 12.1 Å². The standard InChI is InChI=1S/C13H13OS/c1-14-8-9-15-13-7-6-11-4-2-3-5-12(11)10-13/h2-7H,8-9H2,1H3. The van der Waals surface area contributed by atoms with Crippen molar-refractivity contribution in [2.45, 2.75) is 4.90 Å². The Kier molecular flexibility index (Phi) is 3.64. The van der Waals surface area contributed by atoms with Crippen molar-refractivity contribution >= 4 is 22.5 Å². The van der Waals surface area contributed by atoms with E-state index in [1.165, 1.54) is 15.7 Å². The van der Waals surface area contributed by atoms with Crippen LogP contribution in [0.4, 0.5) is 0 Å². The molecule has 1 nitrogen and oxygen atoms in total. The number of hydrogen-bond acceptors (Lipinski definition) is 2. The Morgan fingerprint density at radius 3 is 2.93 bits per heavy atom. The van der Waals surface area contributed by atoms with Crippen molar-refractivity contribution in [3.8, 4) is 0 Å². The fourth-order valence-electron chi connectivity index (χ4n) is 1.42. The molecule has 0 aromatic heterocycles. The zero-order valence-corrected chi connectivity index (χ0v) is 9.51. The molecular formula is C13H13OS. The number of fused-ring (bicyclic) bond motifs is 1. The van der Waals surface area contributed by atoms with Gasteiger partial charge in [0, 0.05) is 23.8 Å². The predicted octanol–water partition coefficient (Wildman–Crippen LogP) is 3.38. The maximum Gasteiger partial charge on any atom is 0.0556 e. The van der Waals surface area contributed by atoms with E-state index in [0.717, 1.165) is 12.4 Å². The van der Waals surface area contributed by atoms with Crippen LogP contribution in [-0.2, 0) is 4.74 Å². The van der Waals surface area contributed by atoms with Gasteiger partial charge >= 0.3 is 0 Å². The summed E-state index contributed by atoms with van der Waals surface area (Å²) in [6, 6.07) is 15.9. The average Bonchev–Trinajstić information content (AvgIpc) is 2.29. The Balaban J connectivity index is 2.16. The highest BCUT2D eigenvalue weighted by Gasteiger charge is 1.97. The van der Waals surface area contributed by atoms with Gasteiger partial charge in [-0.15, -0.1) is 11.8 Å². The molecule has 2 rings (SSSR count). The van der Waals surface area contributed by atoms with Gasteiger partial charge in [0.2, 0.25) is 0 Å². The Bertz CT molecular complexity index is 439. The summed E-state index contributed by atoms with van der Waals surface area (Å²) in [5.74, 6) is 0.978. The van der Waals surface area contributed by atoms with Gasteiger partial charge in [-0.05, 0) is 16.8 Å². The van der Waals surface area contributed by atoms with Crippen LogP contribution in [0.2, 0.25) is 0 Å². The van der Waals surface area contributed by atoms with E-state index in [0.29, 0.717) is 0 Å². The highest BCUT2D eigenvalue weighted by molar-refractivity contribution is 7.99. The third-order valence-corrected chi connectivity index (χ3v) is 3.10. The normalized spacial score (nSPS) is 10.7. The van der Waals surface area contributed by atoms with Crippen molar-refractivity contribution in [1.29, 1.82) is 0 Å². The third kappa shape index (κ3) is 2.74. The van der Waals surface area contributed by atoms with Gasteiger partial charge in [0.25, 0.3) is 0 Å². The zero-order chi connectivity index (χ0) is 10.5. The van der Waals surface area contributed by atoms with Gasteiger partial charge in [0.15, 0.2) is 0 Å². The quantitative estimate of drug-likeness (QED) is 0.573. The largest absolute Gasteiger partial charge is 0.384 e. The lowest BCUT2D eigenvalue weighted by atomic mass is 10.1. The minimum absolute atomic E-state index is 0.783. The van der Waals surface area contributed by atoms with Gasteiger partial charge in [0.1, 0.15) is 0 Å². The molecular weight excluding hydrogens is 204 g/mol. The summed E-state index contributed by atoms with van der Waals surface area (Å²) >= 11 is 1.78. The van der Waals surface area contributed by atoms with E-state index >= 15 is 0 Å². The zero-order valence-electron chi connectivity index (χ0n) is 8.69. The van der Waals surface area contributed by atoms with E-state index in [2.05, 4.69) is 30.3 Å². The van der Waals surface area contributed by atoms with Crippen molar-refractivity contribution in [1.82, 2.24) is 0 Å². The molecule has 15 heavy (non-hydrogen) atoms. The van der Waals surface area contributed by atoms with Crippen molar-refractivity contribution in [3.05, 3.63) is 42.5 Å². The van der Waals surface area contributed by atoms with E-state index in [-0.39, 0.29) is 0 Å². The van der Waals surface area contributed by atoms with Gasteiger partial charge in [-0.2, -0.15) is 0 Å². The summed E-state index contributed by atoms with van der Waals surface area (Å²) in [5, 5.41) is 2.42. The molecule has 0 unspecified atom stereocenters. The van der Waals surface area contributed by atoms with Crippen molar-refractivity contribution in [2.24, 2.45) is 0 Å². The molecule has 0 fully saturated rings. The first-order valence-electron chi connectivity index (χ1n) is 4.93. The maximum atomic E-state index is 5.02. The molecule has 0 heterocycles. The third-order valence-electron chi connectivity index (χ3n) is 2.18. The van der Waals surface area contributed by atoms with Gasteiger partial charge in [0.05, 0.1) is 6.61 Å². The van der Waals surface area contributed by atoms with Crippen LogP contribution in [0.5, 0.6) is 0 Å². The molecule has 2 aromatic rings. The van der Waals surface area contributed by atoms with Crippen LogP contribution < -0.4 is 0 Å². The predicted molar refractivity (Wildman–Crippen MR) is 65.4 cm³/mol. The topological polar surface area (TPSA) is 9.23 Å². The molecule has 77 valence electrons. The van der Waals surface area contributed by atoms with Crippen LogP contribution in [0.3, 0.4) is 0 Å². The number of thioether (sulfide) groups is 1. The molecule has 0 N–H and O–H groups in total. The minimum Gasteiger partial charge on any atom is -0.384 e. The summed E-state index contributed by atoms with van der Waals surface area (Å²) in [7, 11) is 1.73. The lowest BCUT2D eigenvalue weighted by molar-refractivity contribution is 0.218. The first-order valence-corrected chi connectivity index (χ1v) is 5.91. The molecule has 0 atom stereocenters. The molecule has 1 radical (unpaired) electrons. The van der Waals surface area contributed by atoms with Crippen LogP contribution in [0.15, 0.2) is 41.3 Å². The van der Waals surface area contributed by atoms with Crippen LogP contribution in [0.1, 0.15) is 0 Å². The van der Waals surface area contributed by atoms with Gasteiger partial charge in [-0.3, -0.25) is 0 Å². The first-order chi connectivity index (χ1) is 7.40. The van der Waals surface area contributed by atoms with Crippen LogP contribution in [-0.4, -0.2) is 19.5 Å². The van der Waals surface area contributed by atoms with Crippen molar-refractivity contribution in [3.63, 3.8) is 0 Å². The second kappa shape index (κ2) is 5.19. The minimum atomic E-state index is 0.783. The number of hydrogen-bond donors (Lipinski definition) is 0. The molecule has 0 spiro atoms. The molecule has 0 aliphatic heterocycles. The summed E-state index contributed by atoms with van der Waals surface area (Å²) in [6.45, 7) is 0.783. The molecule has 0 bridgehead atoms. The Hall–Kier alpha value is -0.990. The Morgan fingerprint density at radius 1 is 1.20 bits per heavy atom. The lowest BCUT2D eigenvalue weighted by Crippen LogP contribution is -1.90. The molecule has 0 saturated heterocycles. The molecule has 0 amide bonds. The summed E-state index contributed by atoms with van der Waals surface area (Å²) in [5.41, 5.74) is 0. The Morgan fingerprint density at radius 2 is 2.07 bits per heavy atom. The second-order valence-corrected chi connectivity index (χ2v) is 4.39. The summed E-state index contributed by atoms with van der Waals surface area (Å²) in [6.07, 6.45) is 0. The van der Waals surface area contributed by atoms with E-state index in [4.69, 9.17) is 4.74 Å².